The van der Waals surface area contributed by atoms with Crippen molar-refractivity contribution in [3.8, 4) is 17.2 Å². The summed E-state index contributed by atoms with van der Waals surface area (Å²) < 4.78 is 102. The van der Waals surface area contributed by atoms with Crippen molar-refractivity contribution in [3.63, 3.8) is 0 Å². The molecule has 0 aromatic heterocycles. The number of ether oxygens (including phenoxy) is 1. The Bertz CT molecular complexity index is 1680. The minimum Gasteiger partial charge on any atom is -0.492 e. The molecule has 1 amide bonds. The number of amides is 1. The molecule has 4 aromatic rings. The number of carbonyl (C=O) groups excluding carboxylic acids is 1. The van der Waals surface area contributed by atoms with E-state index in [0.29, 0.717) is 0 Å². The van der Waals surface area contributed by atoms with Gasteiger partial charge in [-0.05, 0) is 48.5 Å². The molecule has 0 aliphatic rings. The average Bonchev–Trinajstić information content (AvgIpc) is 3.03. The molecular weight excluding hydrogens is 663 g/mol. The van der Waals surface area contributed by atoms with Crippen LogP contribution in [0.3, 0.4) is 0 Å². The lowest BCUT2D eigenvalue weighted by Crippen LogP contribution is -2.27. The number of amidine groups is 1. The molecule has 0 heterocycles. The second-order valence-electron chi connectivity index (χ2n) is 9.81. The van der Waals surface area contributed by atoms with Crippen molar-refractivity contribution in [2.45, 2.75) is 25.2 Å². The summed E-state index contributed by atoms with van der Waals surface area (Å²) in [4.78, 5) is 15.6. The monoisotopic (exact) mass is 693 g/mol. The van der Waals surface area contributed by atoms with Gasteiger partial charge in [-0.2, -0.15) is 22.0 Å². The molecule has 1 atom stereocenters. The highest BCUT2D eigenvalue weighted by atomic mass is 31.2. The van der Waals surface area contributed by atoms with E-state index in [9.17, 15) is 22.5 Å². The van der Waals surface area contributed by atoms with Crippen molar-refractivity contribution >= 4 is 39.7 Å². The molecule has 0 spiro atoms. The van der Waals surface area contributed by atoms with E-state index < -0.39 is 30.6 Å². The third kappa shape index (κ3) is 9.76. The Balaban J connectivity index is 1.53. The van der Waals surface area contributed by atoms with Gasteiger partial charge in [-0.25, -0.2) is 9.56 Å². The van der Waals surface area contributed by atoms with Gasteiger partial charge in [0.05, 0.1) is 17.8 Å². The fourth-order valence-corrected chi connectivity index (χ4v) is 5.83. The predicted molar refractivity (Wildman–Crippen MR) is 173 cm³/mol. The smallest absolute Gasteiger partial charge is 0.492 e. The quantitative estimate of drug-likeness (QED) is 0.0477. The Labute approximate surface area is 270 Å². The first-order chi connectivity index (χ1) is 22.3. The number of aliphatic imine (C=N–C) groups is 1. The number of anilines is 1. The van der Waals surface area contributed by atoms with E-state index in [1.165, 1.54) is 66.7 Å². The highest BCUT2D eigenvalue weighted by Crippen LogP contribution is 2.65. The molecule has 4 rings (SSSR count). The van der Waals surface area contributed by atoms with Crippen LogP contribution in [0.15, 0.2) is 108 Å². The molecule has 2 N–H and O–H groups in total. The number of nitrogens with one attached hydrogen (secondary N) is 2. The van der Waals surface area contributed by atoms with E-state index in [1.807, 2.05) is 0 Å². The molecule has 0 aliphatic carbocycles. The molecule has 8 nitrogen and oxygen atoms in total. The zero-order valence-corrected chi connectivity index (χ0v) is 26.9. The molecule has 4 aromatic carbocycles. The number of rotatable bonds is 13. The predicted octanol–water partition coefficient (Wildman–Crippen LogP) is 8.99. The van der Waals surface area contributed by atoms with Crippen LogP contribution in [0.25, 0.3) is 0 Å². The van der Waals surface area contributed by atoms with E-state index in [4.69, 9.17) is 13.8 Å². The highest BCUT2D eigenvalue weighted by Gasteiger charge is 2.58. The normalized spacial score (nSPS) is 12.3. The van der Waals surface area contributed by atoms with Crippen LogP contribution in [-0.2, 0) is 21.2 Å². The zero-order valence-electron chi connectivity index (χ0n) is 24.8. The van der Waals surface area contributed by atoms with E-state index in [1.54, 1.807) is 19.1 Å². The second-order valence-corrected chi connectivity index (χ2v) is 12.3. The maximum absolute atomic E-state index is 15.9. The van der Waals surface area contributed by atoms with Crippen LogP contribution in [0.2, 0.25) is 0 Å². The van der Waals surface area contributed by atoms with Crippen LogP contribution in [0.1, 0.15) is 24.5 Å². The van der Waals surface area contributed by atoms with Gasteiger partial charge in [0, 0.05) is 23.7 Å². The van der Waals surface area contributed by atoms with E-state index in [2.05, 4.69) is 24.9 Å². The Morgan fingerprint density at radius 2 is 1.38 bits per heavy atom. The van der Waals surface area contributed by atoms with Crippen LogP contribution in [0.5, 0.6) is 17.2 Å². The van der Waals surface area contributed by atoms with Crippen LogP contribution in [-0.4, -0.2) is 24.6 Å². The summed E-state index contributed by atoms with van der Waals surface area (Å²) in [5, 5.41) is 5.28. The van der Waals surface area contributed by atoms with Gasteiger partial charge >= 0.3 is 19.4 Å². The van der Waals surface area contributed by atoms with Gasteiger partial charge in [-0.1, -0.05) is 64.7 Å². The van der Waals surface area contributed by atoms with E-state index in [0.717, 1.165) is 24.3 Å². The number of nitrogens with zero attached hydrogens (tertiary/aromatic N) is 1. The number of hydrogen-bond donors (Lipinski definition) is 2. The molecule has 0 fully saturated rings. The second kappa shape index (κ2) is 15.4. The number of para-hydroxylation sites is 2. The first kappa shape index (κ1) is 35.4. The van der Waals surface area contributed by atoms with E-state index >= 15 is 8.78 Å². The van der Waals surface area contributed by atoms with Crippen LogP contribution in [0.4, 0.5) is 33.3 Å². The molecule has 0 aliphatic heterocycles. The van der Waals surface area contributed by atoms with Crippen molar-refractivity contribution in [3.05, 3.63) is 114 Å². The summed E-state index contributed by atoms with van der Waals surface area (Å²) in [6.07, 6.45) is -4.43. The molecule has 248 valence electrons. The topological polar surface area (TPSA) is 98.2 Å². The van der Waals surface area contributed by atoms with Crippen molar-refractivity contribution in [2.75, 3.05) is 18.5 Å². The SMILES string of the molecule is CCC(=O)NCCOc1cc(NC(P)=Nc2ccc(C(F)(F)P(=O)(Oc3ccccc3)Oc3ccccc3)cc2)cc(C(F)(F)F)c1. The van der Waals surface area contributed by atoms with Gasteiger partial charge in [0.2, 0.25) is 5.91 Å². The van der Waals surface area contributed by atoms with Gasteiger partial charge in [-0.15, -0.1) is 0 Å². The first-order valence-electron chi connectivity index (χ1n) is 14.1. The Hall–Kier alpha value is -4.47. The molecule has 0 bridgehead atoms. The molecule has 15 heteroatoms. The standard InChI is InChI=1S/C32H30F5N3O5P2/c1-2-29(41)38-17-18-43-28-20-23(31(33,34)35)19-25(21-28)40-30(46)39-24-15-13-22(14-16-24)32(36,37)47(42,44-26-9-5-3-6-10-26)45-27-11-7-4-8-12-27/h3-16,19-21H,2,17-18,46H2,1H3,(H,38,41)(H,39,40). The van der Waals surface area contributed by atoms with Crippen LogP contribution < -0.4 is 24.4 Å². The molecule has 47 heavy (non-hydrogen) atoms. The summed E-state index contributed by atoms with van der Waals surface area (Å²) in [5.74, 6) is -0.497. The van der Waals surface area contributed by atoms with Crippen LogP contribution in [0, 0.1) is 0 Å². The Morgan fingerprint density at radius 3 is 1.91 bits per heavy atom. The fraction of sp³-hybridized carbons (Fsp3) is 0.188. The lowest BCUT2D eigenvalue weighted by atomic mass is 10.2. The Kier molecular flexibility index (Phi) is 11.6. The van der Waals surface area contributed by atoms with Gasteiger partial charge < -0.3 is 24.4 Å². The molecule has 0 saturated heterocycles. The largest absolute Gasteiger partial charge is 0.504 e. The van der Waals surface area contributed by atoms with Crippen molar-refractivity contribution in [1.29, 1.82) is 0 Å². The third-order valence-electron chi connectivity index (χ3n) is 6.27. The van der Waals surface area contributed by atoms with Gasteiger partial charge in [0.25, 0.3) is 0 Å². The molecule has 0 saturated carbocycles. The number of alkyl halides is 5. The third-order valence-corrected chi connectivity index (χ3v) is 8.39. The number of hydrogen-bond acceptors (Lipinski definition) is 6. The summed E-state index contributed by atoms with van der Waals surface area (Å²) in [6, 6.07) is 22.3. The molecule has 1 unspecified atom stereocenters. The zero-order chi connectivity index (χ0) is 34.1. The number of halogens is 5. The summed E-state index contributed by atoms with van der Waals surface area (Å²) >= 11 is 0. The number of carbonyl (C=O) groups is 1. The van der Waals surface area contributed by atoms with Gasteiger partial charge in [-0.3, -0.25) is 4.79 Å². The van der Waals surface area contributed by atoms with Gasteiger partial charge in [0.1, 0.15) is 29.4 Å². The fourth-order valence-electron chi connectivity index (χ4n) is 3.99. The molecule has 0 radical (unpaired) electrons. The summed E-state index contributed by atoms with van der Waals surface area (Å²) in [6.45, 7) is 1.70. The summed E-state index contributed by atoms with van der Waals surface area (Å²) in [7, 11) is -3.01. The summed E-state index contributed by atoms with van der Waals surface area (Å²) in [5.41, 5.74) is -5.59. The lowest BCUT2D eigenvalue weighted by molar-refractivity contribution is -0.137. The Morgan fingerprint density at radius 1 is 0.809 bits per heavy atom. The van der Waals surface area contributed by atoms with Crippen molar-refractivity contribution in [1.82, 2.24) is 5.32 Å². The number of benzene rings is 4. The first-order valence-corrected chi connectivity index (χ1v) is 16.2. The average molecular weight is 694 g/mol. The minimum atomic E-state index is -5.23. The minimum absolute atomic E-state index is 0.0126. The van der Waals surface area contributed by atoms with Gasteiger partial charge in [0.15, 0.2) is 0 Å². The van der Waals surface area contributed by atoms with Crippen molar-refractivity contribution in [2.24, 2.45) is 4.99 Å². The van der Waals surface area contributed by atoms with Crippen molar-refractivity contribution < 1.29 is 45.1 Å². The van der Waals surface area contributed by atoms with Crippen LogP contribution >= 0.6 is 16.8 Å². The molecular formula is C32H30F5N3O5P2. The maximum atomic E-state index is 15.9. The highest BCUT2D eigenvalue weighted by molar-refractivity contribution is 7.55. The van der Waals surface area contributed by atoms with E-state index in [-0.39, 0.29) is 59.7 Å². The maximum Gasteiger partial charge on any atom is 0.504 e. The lowest BCUT2D eigenvalue weighted by Gasteiger charge is -2.27.